The van der Waals surface area contributed by atoms with E-state index in [-0.39, 0.29) is 25.7 Å². The van der Waals surface area contributed by atoms with Crippen LogP contribution < -0.4 is 0 Å². The lowest BCUT2D eigenvalue weighted by atomic mass is 10.4. The molecule has 90 valence electrons. The Labute approximate surface area is 91.3 Å². The number of rotatable bonds is 8. The van der Waals surface area contributed by atoms with Gasteiger partial charge in [0.1, 0.15) is 0 Å². The molecule has 0 fully saturated rings. The zero-order valence-corrected chi connectivity index (χ0v) is 9.65. The molecule has 1 amide bonds. The largest absolute Gasteiger partial charge is 0.395 e. The van der Waals surface area contributed by atoms with Crippen LogP contribution in [0, 0.1) is 0 Å². The van der Waals surface area contributed by atoms with E-state index in [0.29, 0.717) is 26.2 Å². The molecule has 0 radical (unpaired) electrons. The molecule has 0 aliphatic carbocycles. The molecule has 0 aromatic carbocycles. The summed E-state index contributed by atoms with van der Waals surface area (Å²) < 4.78 is 0. The van der Waals surface area contributed by atoms with E-state index in [2.05, 4.69) is 0 Å². The fourth-order valence-electron chi connectivity index (χ4n) is 1.42. The third-order valence-corrected chi connectivity index (χ3v) is 2.31. The van der Waals surface area contributed by atoms with Crippen LogP contribution in [-0.4, -0.2) is 71.9 Å². The first-order valence-corrected chi connectivity index (χ1v) is 5.41. The summed E-state index contributed by atoms with van der Waals surface area (Å²) in [6.45, 7) is 6.39. The normalized spacial score (nSPS) is 10.7. The van der Waals surface area contributed by atoms with Crippen LogP contribution in [0.5, 0.6) is 0 Å². The summed E-state index contributed by atoms with van der Waals surface area (Å²) in [5, 5.41) is 17.6. The minimum atomic E-state index is 0.00549. The summed E-state index contributed by atoms with van der Waals surface area (Å²) in [5.74, 6) is 0.0434. The van der Waals surface area contributed by atoms with Crippen molar-refractivity contribution in [2.24, 2.45) is 0 Å². The SMILES string of the molecule is CCN(CC)C(=O)CN(CCO)CCO. The van der Waals surface area contributed by atoms with Crippen LogP contribution in [0.4, 0.5) is 0 Å². The average molecular weight is 218 g/mol. The Morgan fingerprint density at radius 2 is 1.53 bits per heavy atom. The summed E-state index contributed by atoms with van der Waals surface area (Å²) in [6.07, 6.45) is 0. The van der Waals surface area contributed by atoms with Gasteiger partial charge in [0.2, 0.25) is 5.91 Å². The second-order valence-corrected chi connectivity index (χ2v) is 3.29. The standard InChI is InChI=1S/C10H22N2O3/c1-3-12(4-2)10(15)9-11(5-7-13)6-8-14/h13-14H,3-9H2,1-2H3. The summed E-state index contributed by atoms with van der Waals surface area (Å²) in [6, 6.07) is 0. The maximum Gasteiger partial charge on any atom is 0.236 e. The highest BCUT2D eigenvalue weighted by Crippen LogP contribution is 1.94. The van der Waals surface area contributed by atoms with Crippen molar-refractivity contribution in [2.45, 2.75) is 13.8 Å². The van der Waals surface area contributed by atoms with Crippen LogP contribution in [0.25, 0.3) is 0 Å². The predicted octanol–water partition coefficient (Wildman–Crippen LogP) is -0.859. The molecule has 2 N–H and O–H groups in total. The second-order valence-electron chi connectivity index (χ2n) is 3.29. The number of amides is 1. The molecule has 0 unspecified atom stereocenters. The summed E-state index contributed by atoms with van der Waals surface area (Å²) in [7, 11) is 0. The van der Waals surface area contributed by atoms with Gasteiger partial charge in [-0.15, -0.1) is 0 Å². The minimum Gasteiger partial charge on any atom is -0.395 e. The average Bonchev–Trinajstić information content (AvgIpc) is 2.20. The number of hydrogen-bond acceptors (Lipinski definition) is 4. The van der Waals surface area contributed by atoms with Gasteiger partial charge in [0.25, 0.3) is 0 Å². The van der Waals surface area contributed by atoms with Gasteiger partial charge in [0, 0.05) is 26.2 Å². The third kappa shape index (κ3) is 5.71. The Morgan fingerprint density at radius 1 is 1.07 bits per heavy atom. The van der Waals surface area contributed by atoms with Gasteiger partial charge >= 0.3 is 0 Å². The van der Waals surface area contributed by atoms with E-state index in [1.165, 1.54) is 0 Å². The van der Waals surface area contributed by atoms with Gasteiger partial charge in [0.15, 0.2) is 0 Å². The zero-order chi connectivity index (χ0) is 11.7. The van der Waals surface area contributed by atoms with E-state index >= 15 is 0 Å². The van der Waals surface area contributed by atoms with Gasteiger partial charge in [-0.1, -0.05) is 0 Å². The van der Waals surface area contributed by atoms with Crippen molar-refractivity contribution in [3.05, 3.63) is 0 Å². The molecular weight excluding hydrogens is 196 g/mol. The molecule has 0 aromatic rings. The smallest absolute Gasteiger partial charge is 0.236 e. The number of aliphatic hydroxyl groups is 2. The molecule has 0 rings (SSSR count). The molecule has 0 saturated heterocycles. The number of likely N-dealkylation sites (N-methyl/N-ethyl adjacent to an activating group) is 1. The first kappa shape index (κ1) is 14.3. The van der Waals surface area contributed by atoms with E-state index in [0.717, 1.165) is 0 Å². The predicted molar refractivity (Wildman–Crippen MR) is 58.5 cm³/mol. The fraction of sp³-hybridized carbons (Fsp3) is 0.900. The lowest BCUT2D eigenvalue weighted by Gasteiger charge is -2.24. The maximum atomic E-state index is 11.7. The molecule has 0 bridgehead atoms. The van der Waals surface area contributed by atoms with E-state index in [9.17, 15) is 4.79 Å². The highest BCUT2D eigenvalue weighted by atomic mass is 16.3. The number of carbonyl (C=O) groups is 1. The van der Waals surface area contributed by atoms with E-state index in [1.807, 2.05) is 13.8 Å². The number of nitrogens with zero attached hydrogens (tertiary/aromatic N) is 2. The Kier molecular flexibility index (Phi) is 8.27. The van der Waals surface area contributed by atoms with Gasteiger partial charge in [0.05, 0.1) is 19.8 Å². The molecule has 0 atom stereocenters. The van der Waals surface area contributed by atoms with Gasteiger partial charge in [-0.2, -0.15) is 0 Å². The van der Waals surface area contributed by atoms with E-state index < -0.39 is 0 Å². The van der Waals surface area contributed by atoms with Crippen molar-refractivity contribution >= 4 is 5.91 Å². The van der Waals surface area contributed by atoms with Crippen LogP contribution in [0.2, 0.25) is 0 Å². The lowest BCUT2D eigenvalue weighted by molar-refractivity contribution is -0.132. The Hall–Kier alpha value is -0.650. The third-order valence-electron chi connectivity index (χ3n) is 2.31. The molecule has 0 aliphatic heterocycles. The minimum absolute atomic E-state index is 0.00549. The fourth-order valence-corrected chi connectivity index (χ4v) is 1.42. The maximum absolute atomic E-state index is 11.7. The highest BCUT2D eigenvalue weighted by molar-refractivity contribution is 5.78. The van der Waals surface area contributed by atoms with Crippen molar-refractivity contribution in [1.29, 1.82) is 0 Å². The Morgan fingerprint density at radius 3 is 1.87 bits per heavy atom. The molecule has 15 heavy (non-hydrogen) atoms. The van der Waals surface area contributed by atoms with Crippen LogP contribution in [-0.2, 0) is 4.79 Å². The number of carbonyl (C=O) groups excluding carboxylic acids is 1. The van der Waals surface area contributed by atoms with Crippen molar-refractivity contribution < 1.29 is 15.0 Å². The molecule has 0 heterocycles. The molecular formula is C10H22N2O3. The molecule has 0 saturated carbocycles. The Bertz CT molecular complexity index is 166. The van der Waals surface area contributed by atoms with Crippen molar-refractivity contribution in [3.8, 4) is 0 Å². The molecule has 5 nitrogen and oxygen atoms in total. The van der Waals surface area contributed by atoms with Gasteiger partial charge < -0.3 is 15.1 Å². The second kappa shape index (κ2) is 8.64. The van der Waals surface area contributed by atoms with Crippen LogP contribution in [0.1, 0.15) is 13.8 Å². The van der Waals surface area contributed by atoms with Crippen molar-refractivity contribution in [3.63, 3.8) is 0 Å². The highest BCUT2D eigenvalue weighted by Gasteiger charge is 2.13. The van der Waals surface area contributed by atoms with E-state index in [4.69, 9.17) is 10.2 Å². The van der Waals surface area contributed by atoms with Gasteiger partial charge in [-0.3, -0.25) is 9.69 Å². The first-order valence-electron chi connectivity index (χ1n) is 5.41. The number of hydrogen-bond donors (Lipinski definition) is 2. The monoisotopic (exact) mass is 218 g/mol. The lowest BCUT2D eigenvalue weighted by Crippen LogP contribution is -2.42. The van der Waals surface area contributed by atoms with Crippen LogP contribution >= 0.6 is 0 Å². The van der Waals surface area contributed by atoms with Gasteiger partial charge in [-0.05, 0) is 13.8 Å². The van der Waals surface area contributed by atoms with Crippen LogP contribution in [0.3, 0.4) is 0 Å². The summed E-state index contributed by atoms with van der Waals surface area (Å²) in [5.41, 5.74) is 0. The van der Waals surface area contributed by atoms with Crippen LogP contribution in [0.15, 0.2) is 0 Å². The molecule has 0 aliphatic rings. The van der Waals surface area contributed by atoms with E-state index in [1.54, 1.807) is 9.80 Å². The first-order chi connectivity index (χ1) is 7.19. The molecule has 5 heteroatoms. The van der Waals surface area contributed by atoms with Gasteiger partial charge in [-0.25, -0.2) is 0 Å². The molecule has 0 spiro atoms. The summed E-state index contributed by atoms with van der Waals surface area (Å²) in [4.78, 5) is 15.2. The summed E-state index contributed by atoms with van der Waals surface area (Å²) >= 11 is 0. The number of aliphatic hydroxyl groups excluding tert-OH is 2. The van der Waals surface area contributed by atoms with Crippen molar-refractivity contribution in [2.75, 3.05) is 45.9 Å². The Balaban J connectivity index is 4.07. The zero-order valence-electron chi connectivity index (χ0n) is 9.65. The quantitative estimate of drug-likeness (QED) is 0.556. The van der Waals surface area contributed by atoms with Crippen molar-refractivity contribution in [1.82, 2.24) is 9.80 Å². The molecule has 0 aromatic heterocycles. The topological polar surface area (TPSA) is 64.0 Å².